The Morgan fingerprint density at radius 2 is 2.00 bits per heavy atom. The minimum absolute atomic E-state index is 0.0467. The summed E-state index contributed by atoms with van der Waals surface area (Å²) in [4.78, 5) is 0. The molecule has 120 valence electrons. The first kappa shape index (κ1) is 15.4. The first-order valence-electron chi connectivity index (χ1n) is 7.06. The Hall–Kier alpha value is -1.50. The number of hydrogen-bond acceptors (Lipinski definition) is 3. The molecule has 0 aliphatic carbocycles. The van der Waals surface area contributed by atoms with Crippen LogP contribution in [0, 0.1) is 5.82 Å². The van der Waals surface area contributed by atoms with Crippen LogP contribution < -0.4 is 4.74 Å². The maximum atomic E-state index is 14.1. The summed E-state index contributed by atoms with van der Waals surface area (Å²) in [5.74, 6) is -0.930. The van der Waals surface area contributed by atoms with Crippen LogP contribution in [0.15, 0.2) is 24.3 Å². The lowest BCUT2D eigenvalue weighted by molar-refractivity contribution is -0.0502. The zero-order valence-corrected chi connectivity index (χ0v) is 12.5. The maximum absolute atomic E-state index is 14.1. The number of fused-ring (bicyclic) bond motifs is 2. The maximum Gasteiger partial charge on any atom is 0.387 e. The molecule has 1 aromatic carbocycles. The first-order valence-corrected chi connectivity index (χ1v) is 8.67. The molecule has 0 N–H and O–H groups in total. The minimum Gasteiger partial charge on any atom is -0.434 e. The molecule has 1 aromatic rings. The van der Waals surface area contributed by atoms with Crippen molar-refractivity contribution in [1.29, 1.82) is 0 Å². The van der Waals surface area contributed by atoms with Crippen molar-refractivity contribution >= 4 is 15.4 Å². The van der Waals surface area contributed by atoms with Gasteiger partial charge >= 0.3 is 6.61 Å². The number of halogens is 3. The van der Waals surface area contributed by atoms with E-state index in [2.05, 4.69) is 4.74 Å². The fourth-order valence-electron chi connectivity index (χ4n) is 3.25. The van der Waals surface area contributed by atoms with E-state index in [-0.39, 0.29) is 17.7 Å². The van der Waals surface area contributed by atoms with Gasteiger partial charge in [-0.25, -0.2) is 12.8 Å². The highest BCUT2D eigenvalue weighted by molar-refractivity contribution is 7.93. The van der Waals surface area contributed by atoms with Gasteiger partial charge in [-0.1, -0.05) is 18.6 Å². The van der Waals surface area contributed by atoms with E-state index in [9.17, 15) is 21.6 Å². The van der Waals surface area contributed by atoms with Gasteiger partial charge in [0.05, 0.1) is 16.1 Å². The molecule has 3 nitrogen and oxygen atoms in total. The van der Waals surface area contributed by atoms with Crippen LogP contribution in [-0.4, -0.2) is 25.5 Å². The summed E-state index contributed by atoms with van der Waals surface area (Å²) < 4.78 is 68.0. The lowest BCUT2D eigenvalue weighted by Gasteiger charge is -2.33. The van der Waals surface area contributed by atoms with E-state index in [1.54, 1.807) is 0 Å². The first-order chi connectivity index (χ1) is 10.4. The Labute approximate surface area is 126 Å². The van der Waals surface area contributed by atoms with E-state index in [1.165, 1.54) is 18.2 Å². The summed E-state index contributed by atoms with van der Waals surface area (Å²) in [6.45, 7) is -3.06. The fourth-order valence-corrected chi connectivity index (χ4v) is 5.50. The third kappa shape index (κ3) is 2.62. The third-order valence-electron chi connectivity index (χ3n) is 4.25. The quantitative estimate of drug-likeness (QED) is 0.850. The molecule has 0 radical (unpaired) electrons. The Kier molecular flexibility index (Phi) is 3.92. The Balaban J connectivity index is 2.07. The van der Waals surface area contributed by atoms with Crippen molar-refractivity contribution in [3.63, 3.8) is 0 Å². The van der Waals surface area contributed by atoms with Gasteiger partial charge < -0.3 is 4.74 Å². The molecular formula is C15H15F3O3S. The number of rotatable bonds is 3. The molecule has 0 amide bonds. The molecule has 0 aromatic heterocycles. The second-order valence-corrected chi connectivity index (χ2v) is 8.02. The van der Waals surface area contributed by atoms with E-state index in [0.29, 0.717) is 18.4 Å². The van der Waals surface area contributed by atoms with Crippen LogP contribution in [-0.2, 0) is 9.84 Å². The largest absolute Gasteiger partial charge is 0.434 e. The van der Waals surface area contributed by atoms with Crippen molar-refractivity contribution in [2.45, 2.75) is 42.8 Å². The van der Waals surface area contributed by atoms with Crippen LogP contribution in [0.3, 0.4) is 0 Å². The average molecular weight is 332 g/mol. The standard InChI is InChI=1S/C15H15F3O3S/c16-12-5-2-6-13(21-15(17)18)14(12)9-7-10-3-1-4-11(8-9)22(10,19)20/h2,5-7,10-11,15H,1,3-4,8H2. The van der Waals surface area contributed by atoms with Crippen molar-refractivity contribution in [1.82, 2.24) is 0 Å². The van der Waals surface area contributed by atoms with Gasteiger partial charge in [0.1, 0.15) is 11.6 Å². The smallest absolute Gasteiger partial charge is 0.387 e. The van der Waals surface area contributed by atoms with E-state index in [4.69, 9.17) is 0 Å². The number of ether oxygens (including phenoxy) is 1. The Morgan fingerprint density at radius 3 is 2.68 bits per heavy atom. The monoisotopic (exact) mass is 332 g/mol. The van der Waals surface area contributed by atoms with Gasteiger partial charge in [0.25, 0.3) is 0 Å². The van der Waals surface area contributed by atoms with Crippen LogP contribution in [0.25, 0.3) is 5.57 Å². The molecule has 7 heteroatoms. The van der Waals surface area contributed by atoms with E-state index in [0.717, 1.165) is 12.5 Å². The number of sulfone groups is 1. The highest BCUT2D eigenvalue weighted by atomic mass is 32.2. The summed E-state index contributed by atoms with van der Waals surface area (Å²) in [5, 5.41) is -1.22. The predicted octanol–water partition coefficient (Wildman–Crippen LogP) is 3.55. The molecule has 2 bridgehead atoms. The number of benzene rings is 1. The van der Waals surface area contributed by atoms with E-state index >= 15 is 0 Å². The van der Waals surface area contributed by atoms with Crippen LogP contribution in [0.5, 0.6) is 5.75 Å². The van der Waals surface area contributed by atoms with Crippen molar-refractivity contribution < 1.29 is 26.3 Å². The summed E-state index contributed by atoms with van der Waals surface area (Å²) in [6.07, 6.45) is 3.45. The van der Waals surface area contributed by atoms with Gasteiger partial charge in [0, 0.05) is 0 Å². The minimum atomic E-state index is -3.24. The number of allylic oxidation sites excluding steroid dienone is 1. The van der Waals surface area contributed by atoms with Gasteiger partial charge in [-0.3, -0.25) is 0 Å². The molecule has 3 rings (SSSR count). The third-order valence-corrected chi connectivity index (χ3v) is 6.80. The van der Waals surface area contributed by atoms with Crippen molar-refractivity contribution in [3.05, 3.63) is 35.7 Å². The molecule has 0 saturated carbocycles. The molecule has 2 heterocycles. The van der Waals surface area contributed by atoms with Crippen LogP contribution in [0.4, 0.5) is 13.2 Å². The van der Waals surface area contributed by atoms with Crippen LogP contribution >= 0.6 is 0 Å². The van der Waals surface area contributed by atoms with Crippen LogP contribution in [0.1, 0.15) is 31.2 Å². The summed E-state index contributed by atoms with van der Waals surface area (Å²) in [5.41, 5.74) is 0.396. The molecule has 1 saturated heterocycles. The number of hydrogen-bond donors (Lipinski definition) is 0. The topological polar surface area (TPSA) is 43.4 Å². The Bertz CT molecular complexity index is 713. The fraction of sp³-hybridized carbons (Fsp3) is 0.467. The number of alkyl halides is 2. The van der Waals surface area contributed by atoms with E-state index < -0.39 is 32.8 Å². The summed E-state index contributed by atoms with van der Waals surface area (Å²) in [6, 6.07) is 3.72. The molecule has 1 fully saturated rings. The van der Waals surface area contributed by atoms with Crippen LogP contribution in [0.2, 0.25) is 0 Å². The molecule has 0 spiro atoms. The van der Waals surface area contributed by atoms with Gasteiger partial charge in [0.2, 0.25) is 0 Å². The van der Waals surface area contributed by atoms with Gasteiger partial charge in [-0.2, -0.15) is 8.78 Å². The zero-order valence-electron chi connectivity index (χ0n) is 11.6. The summed E-state index contributed by atoms with van der Waals surface area (Å²) in [7, 11) is -3.24. The molecular weight excluding hydrogens is 317 g/mol. The highest BCUT2D eigenvalue weighted by Gasteiger charge is 2.41. The SMILES string of the molecule is O=S1(=O)C2C=C(c3c(F)cccc3OC(F)F)CC1CCC2. The van der Waals surface area contributed by atoms with Gasteiger partial charge in [-0.05, 0) is 37.0 Å². The van der Waals surface area contributed by atoms with E-state index in [1.807, 2.05) is 0 Å². The second-order valence-electron chi connectivity index (χ2n) is 5.57. The highest BCUT2D eigenvalue weighted by Crippen LogP contribution is 2.42. The molecule has 22 heavy (non-hydrogen) atoms. The normalized spacial score (nSPS) is 26.6. The van der Waals surface area contributed by atoms with Crippen molar-refractivity contribution in [2.75, 3.05) is 0 Å². The Morgan fingerprint density at radius 1 is 1.23 bits per heavy atom. The molecule has 2 unspecified atom stereocenters. The van der Waals surface area contributed by atoms with Gasteiger partial charge in [-0.15, -0.1) is 0 Å². The molecule has 2 aliphatic rings. The van der Waals surface area contributed by atoms with Gasteiger partial charge in [0.15, 0.2) is 9.84 Å². The zero-order chi connectivity index (χ0) is 15.9. The predicted molar refractivity (Wildman–Crippen MR) is 76.0 cm³/mol. The lowest BCUT2D eigenvalue weighted by atomic mass is 9.92. The molecule has 2 atom stereocenters. The summed E-state index contributed by atoms with van der Waals surface area (Å²) >= 11 is 0. The average Bonchev–Trinajstić information content (AvgIpc) is 2.38. The van der Waals surface area contributed by atoms with Crippen molar-refractivity contribution in [2.24, 2.45) is 0 Å². The lowest BCUT2D eigenvalue weighted by Crippen LogP contribution is -2.38. The molecule has 2 aliphatic heterocycles. The van der Waals surface area contributed by atoms with Crippen molar-refractivity contribution in [3.8, 4) is 5.75 Å². The second kappa shape index (κ2) is 5.61.